The molecule has 2 aromatic carbocycles. The smallest absolute Gasteiger partial charge is 0.329 e. The second kappa shape index (κ2) is 5.81. The lowest BCUT2D eigenvalue weighted by atomic mass is 9.70. The van der Waals surface area contributed by atoms with Gasteiger partial charge in [-0.3, -0.25) is 9.59 Å². The van der Waals surface area contributed by atoms with Gasteiger partial charge in [-0.15, -0.1) is 0 Å². The quantitative estimate of drug-likeness (QED) is 0.806. The summed E-state index contributed by atoms with van der Waals surface area (Å²) in [6.45, 7) is 0. The molecule has 0 aromatic heterocycles. The minimum Gasteiger partial charge on any atom is -0.329 e. The van der Waals surface area contributed by atoms with Crippen molar-refractivity contribution in [3.63, 3.8) is 0 Å². The van der Waals surface area contributed by atoms with Gasteiger partial charge in [-0.05, 0) is 48.6 Å². The van der Waals surface area contributed by atoms with Crippen molar-refractivity contribution >= 4 is 17.8 Å². The number of fused-ring (bicyclic) bond motifs is 1. The zero-order chi connectivity index (χ0) is 17.6. The first-order valence-corrected chi connectivity index (χ1v) is 8.01. The number of hydroxylamine groups is 2. The highest BCUT2D eigenvalue weighted by atomic mass is 19.1. The number of nitrogens with zero attached hydrogens (tertiary/aromatic N) is 1. The molecule has 0 saturated heterocycles. The van der Waals surface area contributed by atoms with Crippen molar-refractivity contribution in [1.29, 1.82) is 0 Å². The van der Waals surface area contributed by atoms with Crippen LogP contribution in [0.5, 0.6) is 0 Å². The highest BCUT2D eigenvalue weighted by Gasteiger charge is 2.44. The van der Waals surface area contributed by atoms with Crippen LogP contribution in [0.25, 0.3) is 0 Å². The number of carbonyl (C=O) groups excluding carboxylic acids is 3. The third-order valence-electron chi connectivity index (χ3n) is 4.81. The van der Waals surface area contributed by atoms with E-state index in [-0.39, 0.29) is 22.9 Å². The molecular formula is C19H14FNO4. The average molecular weight is 339 g/mol. The SMILES string of the molecule is O=C(ON1C(=O)c2ccccc2C1=O)C1CCC1c1ccc(F)cc1. The Morgan fingerprint density at radius 2 is 1.56 bits per heavy atom. The van der Waals surface area contributed by atoms with Gasteiger partial charge in [0.15, 0.2) is 0 Å². The Labute approximate surface area is 143 Å². The topological polar surface area (TPSA) is 63.7 Å². The summed E-state index contributed by atoms with van der Waals surface area (Å²) in [7, 11) is 0. The highest BCUT2D eigenvalue weighted by Crippen LogP contribution is 2.43. The van der Waals surface area contributed by atoms with E-state index in [1.807, 2.05) is 0 Å². The number of carbonyl (C=O) groups is 3. The Bertz CT molecular complexity index is 842. The molecule has 1 fully saturated rings. The first-order valence-electron chi connectivity index (χ1n) is 8.01. The average Bonchev–Trinajstić information content (AvgIpc) is 2.81. The summed E-state index contributed by atoms with van der Waals surface area (Å²) in [4.78, 5) is 42.0. The first kappa shape index (κ1) is 15.5. The molecule has 25 heavy (non-hydrogen) atoms. The summed E-state index contributed by atoms with van der Waals surface area (Å²) in [6, 6.07) is 12.3. The molecule has 6 heteroatoms. The maximum atomic E-state index is 13.0. The van der Waals surface area contributed by atoms with Crippen LogP contribution in [0.4, 0.5) is 4.39 Å². The van der Waals surface area contributed by atoms with E-state index in [2.05, 4.69) is 0 Å². The normalized spacial score (nSPS) is 21.7. The number of rotatable bonds is 3. The van der Waals surface area contributed by atoms with E-state index in [4.69, 9.17) is 4.84 Å². The monoisotopic (exact) mass is 339 g/mol. The fourth-order valence-electron chi connectivity index (χ4n) is 3.30. The summed E-state index contributed by atoms with van der Waals surface area (Å²) in [5.41, 5.74) is 1.30. The molecular weight excluding hydrogens is 325 g/mol. The Hall–Kier alpha value is -3.02. The molecule has 1 aliphatic heterocycles. The van der Waals surface area contributed by atoms with Crippen LogP contribution in [0.3, 0.4) is 0 Å². The Kier molecular flexibility index (Phi) is 3.60. The number of hydrogen-bond donors (Lipinski definition) is 0. The second-order valence-corrected chi connectivity index (χ2v) is 6.20. The molecule has 1 saturated carbocycles. The molecule has 126 valence electrons. The van der Waals surface area contributed by atoms with Gasteiger partial charge in [0.1, 0.15) is 5.82 Å². The van der Waals surface area contributed by atoms with Crippen LogP contribution in [0, 0.1) is 11.7 Å². The fraction of sp³-hybridized carbons (Fsp3) is 0.211. The Morgan fingerprint density at radius 3 is 2.08 bits per heavy atom. The van der Waals surface area contributed by atoms with Gasteiger partial charge < -0.3 is 4.84 Å². The van der Waals surface area contributed by atoms with E-state index in [9.17, 15) is 18.8 Å². The number of hydrogen-bond acceptors (Lipinski definition) is 4. The molecule has 0 N–H and O–H groups in total. The van der Waals surface area contributed by atoms with Crippen LogP contribution in [0.15, 0.2) is 48.5 Å². The van der Waals surface area contributed by atoms with Crippen LogP contribution in [0.2, 0.25) is 0 Å². The lowest BCUT2D eigenvalue weighted by Gasteiger charge is -2.35. The maximum Gasteiger partial charge on any atom is 0.336 e. The molecule has 1 heterocycles. The van der Waals surface area contributed by atoms with Crippen molar-refractivity contribution in [3.05, 3.63) is 71.0 Å². The number of amides is 2. The van der Waals surface area contributed by atoms with E-state index in [0.717, 1.165) is 12.0 Å². The standard InChI is InChI=1S/C19H14FNO4/c20-12-7-5-11(6-8-12)13-9-10-16(13)19(24)25-21-17(22)14-3-1-2-4-15(14)18(21)23/h1-8,13,16H,9-10H2. The van der Waals surface area contributed by atoms with Crippen molar-refractivity contribution in [2.75, 3.05) is 0 Å². The number of imide groups is 1. The Morgan fingerprint density at radius 1 is 0.960 bits per heavy atom. The van der Waals surface area contributed by atoms with Crippen LogP contribution in [-0.2, 0) is 9.63 Å². The molecule has 2 unspecified atom stereocenters. The molecule has 2 aromatic rings. The third kappa shape index (κ3) is 2.50. The number of benzene rings is 2. The van der Waals surface area contributed by atoms with Gasteiger partial charge in [-0.2, -0.15) is 0 Å². The fourth-order valence-corrected chi connectivity index (χ4v) is 3.30. The summed E-state index contributed by atoms with van der Waals surface area (Å²) < 4.78 is 13.0. The van der Waals surface area contributed by atoms with Gasteiger partial charge in [0.25, 0.3) is 11.8 Å². The van der Waals surface area contributed by atoms with E-state index in [0.29, 0.717) is 11.5 Å². The number of halogens is 1. The van der Waals surface area contributed by atoms with Crippen LogP contribution >= 0.6 is 0 Å². The molecule has 0 radical (unpaired) electrons. The van der Waals surface area contributed by atoms with E-state index in [1.165, 1.54) is 24.3 Å². The third-order valence-corrected chi connectivity index (χ3v) is 4.81. The summed E-state index contributed by atoms with van der Waals surface area (Å²) in [6.07, 6.45) is 1.37. The minimum atomic E-state index is -0.633. The van der Waals surface area contributed by atoms with Crippen LogP contribution in [-0.4, -0.2) is 22.8 Å². The molecule has 1 aliphatic carbocycles. The van der Waals surface area contributed by atoms with Gasteiger partial charge in [-0.25, -0.2) is 9.18 Å². The van der Waals surface area contributed by atoms with Crippen molar-refractivity contribution < 1.29 is 23.6 Å². The second-order valence-electron chi connectivity index (χ2n) is 6.20. The van der Waals surface area contributed by atoms with Crippen molar-refractivity contribution in [1.82, 2.24) is 5.06 Å². The zero-order valence-electron chi connectivity index (χ0n) is 13.1. The molecule has 5 nitrogen and oxygen atoms in total. The highest BCUT2D eigenvalue weighted by molar-refractivity contribution is 6.20. The van der Waals surface area contributed by atoms with Gasteiger partial charge in [0.05, 0.1) is 17.0 Å². The van der Waals surface area contributed by atoms with Gasteiger partial charge >= 0.3 is 5.97 Å². The van der Waals surface area contributed by atoms with Crippen LogP contribution in [0.1, 0.15) is 45.0 Å². The van der Waals surface area contributed by atoms with E-state index < -0.39 is 23.7 Å². The van der Waals surface area contributed by atoms with Crippen LogP contribution < -0.4 is 0 Å². The summed E-state index contributed by atoms with van der Waals surface area (Å²) >= 11 is 0. The molecule has 0 spiro atoms. The summed E-state index contributed by atoms with van der Waals surface area (Å²) in [5, 5.41) is 0.535. The van der Waals surface area contributed by atoms with Crippen molar-refractivity contribution in [3.8, 4) is 0 Å². The lowest BCUT2D eigenvalue weighted by molar-refractivity contribution is -0.177. The molecule has 2 amide bonds. The zero-order valence-corrected chi connectivity index (χ0v) is 13.1. The van der Waals surface area contributed by atoms with Gasteiger partial charge in [-0.1, -0.05) is 29.3 Å². The molecule has 0 bridgehead atoms. The Balaban J connectivity index is 1.49. The van der Waals surface area contributed by atoms with Gasteiger partial charge in [0.2, 0.25) is 0 Å². The van der Waals surface area contributed by atoms with E-state index >= 15 is 0 Å². The molecule has 2 atom stereocenters. The molecule has 2 aliphatic rings. The summed E-state index contributed by atoms with van der Waals surface area (Å²) in [5.74, 6) is -2.76. The van der Waals surface area contributed by atoms with E-state index in [1.54, 1.807) is 24.3 Å². The van der Waals surface area contributed by atoms with Crippen molar-refractivity contribution in [2.45, 2.75) is 18.8 Å². The van der Waals surface area contributed by atoms with Gasteiger partial charge in [0, 0.05) is 0 Å². The molecule has 4 rings (SSSR count). The minimum absolute atomic E-state index is 0.0942. The predicted octanol–water partition coefficient (Wildman–Crippen LogP) is 3.07. The van der Waals surface area contributed by atoms with Crippen molar-refractivity contribution in [2.24, 2.45) is 5.92 Å². The predicted molar refractivity (Wildman–Crippen MR) is 84.9 cm³/mol. The lowest BCUT2D eigenvalue weighted by Crippen LogP contribution is -2.39. The first-order chi connectivity index (χ1) is 12.1. The maximum absolute atomic E-state index is 13.0. The largest absolute Gasteiger partial charge is 0.336 e.